The van der Waals surface area contributed by atoms with Gasteiger partial charge in [-0.3, -0.25) is 0 Å². The van der Waals surface area contributed by atoms with Crippen molar-refractivity contribution in [3.05, 3.63) is 17.8 Å². The van der Waals surface area contributed by atoms with Crippen molar-refractivity contribution < 1.29 is 9.90 Å². The molecule has 1 atom stereocenters. The van der Waals surface area contributed by atoms with Crippen LogP contribution in [0, 0.1) is 0 Å². The highest BCUT2D eigenvalue weighted by Crippen LogP contribution is 2.18. The van der Waals surface area contributed by atoms with Gasteiger partial charge in [-0.05, 0) is 32.5 Å². The summed E-state index contributed by atoms with van der Waals surface area (Å²) in [5.74, 6) is -0.630. The van der Waals surface area contributed by atoms with E-state index >= 15 is 0 Å². The molecule has 1 aliphatic heterocycles. The Morgan fingerprint density at radius 1 is 1.72 bits per heavy atom. The summed E-state index contributed by atoms with van der Waals surface area (Å²) in [6, 6.07) is 1.86. The van der Waals surface area contributed by atoms with E-state index < -0.39 is 5.97 Å². The zero-order valence-corrected chi connectivity index (χ0v) is 10.4. The number of aromatic carboxylic acids is 1. The Labute approximate surface area is 106 Å². The number of rotatable bonds is 4. The first-order chi connectivity index (χ1) is 8.58. The van der Waals surface area contributed by atoms with Gasteiger partial charge in [-0.1, -0.05) is 0 Å². The van der Waals surface area contributed by atoms with Crippen molar-refractivity contribution in [2.24, 2.45) is 0 Å². The Morgan fingerprint density at radius 2 is 2.50 bits per heavy atom. The van der Waals surface area contributed by atoms with Gasteiger partial charge in [0.25, 0.3) is 0 Å². The van der Waals surface area contributed by atoms with Crippen LogP contribution in [0.2, 0.25) is 0 Å². The molecule has 0 radical (unpaired) electrons. The molecule has 6 heteroatoms. The smallest absolute Gasteiger partial charge is 0.339 e. The normalized spacial score (nSPS) is 19.9. The van der Waals surface area contributed by atoms with Crippen molar-refractivity contribution in [2.45, 2.75) is 18.9 Å². The highest BCUT2D eigenvalue weighted by atomic mass is 16.4. The number of nitrogen functional groups attached to an aromatic ring is 1. The second-order valence-electron chi connectivity index (χ2n) is 4.63. The number of carbonyl (C=O) groups is 1. The van der Waals surface area contributed by atoms with Crippen LogP contribution in [0.3, 0.4) is 0 Å². The number of carboxylic acid groups (broad SMARTS) is 1. The summed E-state index contributed by atoms with van der Waals surface area (Å²) in [5, 5.41) is 12.2. The fourth-order valence-corrected chi connectivity index (χ4v) is 2.24. The zero-order valence-electron chi connectivity index (χ0n) is 10.4. The minimum atomic E-state index is -1.02. The molecule has 2 rings (SSSR count). The number of pyridine rings is 1. The molecule has 1 unspecified atom stereocenters. The fraction of sp³-hybridized carbons (Fsp3) is 0.500. The van der Waals surface area contributed by atoms with Gasteiger partial charge >= 0.3 is 5.97 Å². The lowest BCUT2D eigenvalue weighted by molar-refractivity contribution is 0.0697. The summed E-state index contributed by atoms with van der Waals surface area (Å²) < 4.78 is 0. The lowest BCUT2D eigenvalue weighted by Gasteiger charge is -2.20. The number of likely N-dealkylation sites (tertiary alicyclic amines) is 1. The fourth-order valence-electron chi connectivity index (χ4n) is 2.24. The Morgan fingerprint density at radius 3 is 3.11 bits per heavy atom. The molecule has 1 aromatic heterocycles. The monoisotopic (exact) mass is 250 g/mol. The Hall–Kier alpha value is -1.82. The van der Waals surface area contributed by atoms with Gasteiger partial charge in [0.2, 0.25) is 0 Å². The summed E-state index contributed by atoms with van der Waals surface area (Å²) in [5.41, 5.74) is 6.02. The Balaban J connectivity index is 2.06. The third-order valence-electron chi connectivity index (χ3n) is 3.32. The largest absolute Gasteiger partial charge is 0.478 e. The maximum absolute atomic E-state index is 11.1. The average molecular weight is 250 g/mol. The number of hydrogen-bond acceptors (Lipinski definition) is 5. The molecule has 4 N–H and O–H groups in total. The summed E-state index contributed by atoms with van der Waals surface area (Å²) in [7, 11) is 2.08. The SMILES string of the molecule is CN1CCCC1CNc1ncc(N)cc1C(=O)O. The number of carboxylic acids is 1. The second kappa shape index (κ2) is 5.22. The first-order valence-electron chi connectivity index (χ1n) is 6.01. The van der Waals surface area contributed by atoms with Crippen LogP contribution in [0.25, 0.3) is 0 Å². The van der Waals surface area contributed by atoms with E-state index in [1.54, 1.807) is 0 Å². The number of anilines is 2. The average Bonchev–Trinajstić information content (AvgIpc) is 2.73. The van der Waals surface area contributed by atoms with Crippen LogP contribution in [0.5, 0.6) is 0 Å². The highest BCUT2D eigenvalue weighted by Gasteiger charge is 2.21. The molecule has 98 valence electrons. The van der Waals surface area contributed by atoms with Gasteiger partial charge < -0.3 is 21.1 Å². The Kier molecular flexibility index (Phi) is 3.66. The van der Waals surface area contributed by atoms with Gasteiger partial charge in [0.05, 0.1) is 11.9 Å². The summed E-state index contributed by atoms with van der Waals surface area (Å²) >= 11 is 0. The molecule has 1 aromatic rings. The van der Waals surface area contributed by atoms with Crippen molar-refractivity contribution in [3.63, 3.8) is 0 Å². The predicted octanol–water partition coefficient (Wildman–Crippen LogP) is 0.868. The first-order valence-corrected chi connectivity index (χ1v) is 6.01. The van der Waals surface area contributed by atoms with Gasteiger partial charge in [0.1, 0.15) is 11.4 Å². The van der Waals surface area contributed by atoms with Crippen molar-refractivity contribution in [3.8, 4) is 0 Å². The molecule has 6 nitrogen and oxygen atoms in total. The van der Waals surface area contributed by atoms with Crippen LogP contribution in [0.4, 0.5) is 11.5 Å². The topological polar surface area (TPSA) is 91.5 Å². The van der Waals surface area contributed by atoms with E-state index in [-0.39, 0.29) is 5.56 Å². The van der Waals surface area contributed by atoms with Gasteiger partial charge in [-0.2, -0.15) is 0 Å². The molecule has 0 spiro atoms. The van der Waals surface area contributed by atoms with Crippen molar-refractivity contribution in [1.82, 2.24) is 9.88 Å². The van der Waals surface area contributed by atoms with E-state index in [2.05, 4.69) is 22.2 Å². The van der Waals surface area contributed by atoms with Gasteiger partial charge in [0.15, 0.2) is 0 Å². The van der Waals surface area contributed by atoms with Crippen LogP contribution in [0.1, 0.15) is 23.2 Å². The minimum absolute atomic E-state index is 0.121. The standard InChI is InChI=1S/C12H18N4O2/c1-16-4-2-3-9(16)7-15-11-10(12(17)18)5-8(13)6-14-11/h5-6,9H,2-4,7,13H2,1H3,(H,14,15)(H,17,18). The third-order valence-corrected chi connectivity index (χ3v) is 3.32. The van der Waals surface area contributed by atoms with Gasteiger partial charge in [-0.25, -0.2) is 9.78 Å². The number of likely N-dealkylation sites (N-methyl/N-ethyl adjacent to an activating group) is 1. The van der Waals surface area contributed by atoms with Crippen LogP contribution in [-0.2, 0) is 0 Å². The zero-order chi connectivity index (χ0) is 13.1. The van der Waals surface area contributed by atoms with Crippen LogP contribution >= 0.6 is 0 Å². The molecule has 1 aliphatic rings. The number of nitrogens with two attached hydrogens (primary N) is 1. The third kappa shape index (κ3) is 2.70. The van der Waals surface area contributed by atoms with E-state index in [9.17, 15) is 4.79 Å². The quantitative estimate of drug-likeness (QED) is 0.734. The lowest BCUT2D eigenvalue weighted by Crippen LogP contribution is -2.32. The summed E-state index contributed by atoms with van der Waals surface area (Å²) in [4.78, 5) is 17.4. The van der Waals surface area contributed by atoms with E-state index in [1.165, 1.54) is 18.7 Å². The number of nitrogens with zero attached hydrogens (tertiary/aromatic N) is 2. The van der Waals surface area contributed by atoms with E-state index in [0.29, 0.717) is 24.1 Å². The predicted molar refractivity (Wildman–Crippen MR) is 69.8 cm³/mol. The maximum Gasteiger partial charge on any atom is 0.339 e. The molecule has 2 heterocycles. The minimum Gasteiger partial charge on any atom is -0.478 e. The van der Waals surface area contributed by atoms with Crippen LogP contribution < -0.4 is 11.1 Å². The number of nitrogens with one attached hydrogen (secondary N) is 1. The molecule has 18 heavy (non-hydrogen) atoms. The molecule has 0 aliphatic carbocycles. The first kappa shape index (κ1) is 12.6. The second-order valence-corrected chi connectivity index (χ2v) is 4.63. The van der Waals surface area contributed by atoms with Crippen molar-refractivity contribution in [1.29, 1.82) is 0 Å². The molecule has 0 bridgehead atoms. The van der Waals surface area contributed by atoms with E-state index in [0.717, 1.165) is 13.0 Å². The van der Waals surface area contributed by atoms with Crippen molar-refractivity contribution in [2.75, 3.05) is 31.2 Å². The molecule has 0 aromatic carbocycles. The number of aromatic nitrogens is 1. The van der Waals surface area contributed by atoms with E-state index in [4.69, 9.17) is 10.8 Å². The van der Waals surface area contributed by atoms with Crippen molar-refractivity contribution >= 4 is 17.5 Å². The molecule has 1 saturated heterocycles. The molecule has 0 amide bonds. The van der Waals surface area contributed by atoms with Gasteiger partial charge in [-0.15, -0.1) is 0 Å². The summed E-state index contributed by atoms with van der Waals surface area (Å²) in [6.45, 7) is 1.79. The molecular weight excluding hydrogens is 232 g/mol. The lowest BCUT2D eigenvalue weighted by atomic mass is 10.2. The van der Waals surface area contributed by atoms with Crippen LogP contribution in [-0.4, -0.2) is 47.1 Å². The Bertz CT molecular complexity index is 450. The summed E-state index contributed by atoms with van der Waals surface area (Å²) in [6.07, 6.45) is 3.78. The molecule has 0 saturated carbocycles. The van der Waals surface area contributed by atoms with Crippen LogP contribution in [0.15, 0.2) is 12.3 Å². The maximum atomic E-state index is 11.1. The molecule has 1 fully saturated rings. The van der Waals surface area contributed by atoms with E-state index in [1.807, 2.05) is 0 Å². The highest BCUT2D eigenvalue weighted by molar-refractivity contribution is 5.94. The number of hydrogen-bond donors (Lipinski definition) is 3. The van der Waals surface area contributed by atoms with Gasteiger partial charge in [0, 0.05) is 12.6 Å². The molecular formula is C12H18N4O2.